The average molecular weight is 434 g/mol. The van der Waals surface area contributed by atoms with E-state index >= 15 is 0 Å². The van der Waals surface area contributed by atoms with Crippen molar-refractivity contribution >= 4 is 33.3 Å². The SMILES string of the molecule is Nc1ncc(Br)cc1C(=O)c1cccc(N2CCN(C3CCCC3)CC2)n1.[HH].[HH]. The third kappa shape index (κ3) is 3.99. The molecule has 0 unspecified atom stereocenters. The maximum Gasteiger partial charge on any atom is 0.215 e. The number of rotatable bonds is 4. The number of pyridine rings is 2. The number of ketones is 1. The van der Waals surface area contributed by atoms with Crippen LogP contribution in [-0.4, -0.2) is 52.9 Å². The first-order valence-corrected chi connectivity index (χ1v) is 10.3. The van der Waals surface area contributed by atoms with Gasteiger partial charge in [-0.3, -0.25) is 9.69 Å². The summed E-state index contributed by atoms with van der Waals surface area (Å²) in [6, 6.07) is 8.06. The Labute approximate surface area is 170 Å². The van der Waals surface area contributed by atoms with Crippen molar-refractivity contribution in [2.24, 2.45) is 0 Å². The summed E-state index contributed by atoms with van der Waals surface area (Å²) in [6.45, 7) is 4.02. The number of nitrogens with zero attached hydrogens (tertiary/aromatic N) is 4. The summed E-state index contributed by atoms with van der Waals surface area (Å²) < 4.78 is 0.722. The van der Waals surface area contributed by atoms with Gasteiger partial charge in [0.05, 0.1) is 5.56 Å². The van der Waals surface area contributed by atoms with E-state index in [4.69, 9.17) is 5.73 Å². The number of aromatic nitrogens is 2. The first kappa shape index (κ1) is 18.4. The maximum absolute atomic E-state index is 12.9. The molecule has 0 spiro atoms. The fraction of sp³-hybridized carbons (Fsp3) is 0.450. The molecule has 0 amide bonds. The monoisotopic (exact) mass is 433 g/mol. The number of piperazine rings is 1. The van der Waals surface area contributed by atoms with Gasteiger partial charge in [0.2, 0.25) is 5.78 Å². The van der Waals surface area contributed by atoms with Crippen molar-refractivity contribution in [3.05, 3.63) is 46.2 Å². The van der Waals surface area contributed by atoms with Crippen LogP contribution in [0.5, 0.6) is 0 Å². The zero-order chi connectivity index (χ0) is 18.8. The Hall–Kier alpha value is -1.99. The van der Waals surface area contributed by atoms with Gasteiger partial charge in [0.1, 0.15) is 17.3 Å². The molecule has 7 heteroatoms. The Kier molecular flexibility index (Phi) is 5.41. The van der Waals surface area contributed by atoms with Gasteiger partial charge in [-0.2, -0.15) is 0 Å². The van der Waals surface area contributed by atoms with Crippen molar-refractivity contribution in [2.45, 2.75) is 31.7 Å². The number of carbonyl (C=O) groups excluding carboxylic acids is 1. The average Bonchev–Trinajstić information content (AvgIpc) is 3.24. The molecule has 0 atom stereocenters. The number of hydrogen-bond donors (Lipinski definition) is 1. The summed E-state index contributed by atoms with van der Waals surface area (Å²) in [4.78, 5) is 26.4. The molecule has 2 aliphatic rings. The fourth-order valence-corrected chi connectivity index (χ4v) is 4.41. The Morgan fingerprint density at radius 2 is 1.93 bits per heavy atom. The molecular formula is C20H28BrN5O. The molecule has 27 heavy (non-hydrogen) atoms. The number of halogens is 1. The van der Waals surface area contributed by atoms with Gasteiger partial charge < -0.3 is 10.6 Å². The molecule has 1 saturated carbocycles. The second-order valence-corrected chi connectivity index (χ2v) is 8.17. The third-order valence-electron chi connectivity index (χ3n) is 5.58. The van der Waals surface area contributed by atoms with E-state index in [1.54, 1.807) is 18.3 Å². The summed E-state index contributed by atoms with van der Waals surface area (Å²) in [5, 5.41) is 0. The van der Waals surface area contributed by atoms with Crippen molar-refractivity contribution < 1.29 is 7.65 Å². The molecule has 0 aromatic carbocycles. The van der Waals surface area contributed by atoms with Crippen LogP contribution in [0.25, 0.3) is 0 Å². The Morgan fingerprint density at radius 3 is 2.67 bits per heavy atom. The van der Waals surface area contributed by atoms with Crippen LogP contribution in [-0.2, 0) is 0 Å². The topological polar surface area (TPSA) is 75.3 Å². The van der Waals surface area contributed by atoms with Crippen LogP contribution in [0.2, 0.25) is 0 Å². The van der Waals surface area contributed by atoms with Crippen LogP contribution in [0.15, 0.2) is 34.9 Å². The van der Waals surface area contributed by atoms with Gasteiger partial charge in [0.15, 0.2) is 0 Å². The lowest BCUT2D eigenvalue weighted by Crippen LogP contribution is -2.50. The summed E-state index contributed by atoms with van der Waals surface area (Å²) in [5.41, 5.74) is 6.66. The molecule has 1 saturated heterocycles. The Balaban J connectivity index is 0.00000150. The number of hydrogen-bond acceptors (Lipinski definition) is 6. The van der Waals surface area contributed by atoms with Gasteiger partial charge in [-0.25, -0.2) is 9.97 Å². The molecule has 4 rings (SSSR count). The fourth-order valence-electron chi connectivity index (χ4n) is 4.08. The minimum absolute atomic E-state index is 0. The molecule has 6 nitrogen and oxygen atoms in total. The van der Waals surface area contributed by atoms with Crippen molar-refractivity contribution in [3.63, 3.8) is 0 Å². The minimum Gasteiger partial charge on any atom is -0.383 e. The second-order valence-electron chi connectivity index (χ2n) is 7.26. The lowest BCUT2D eigenvalue weighted by Gasteiger charge is -2.38. The summed E-state index contributed by atoms with van der Waals surface area (Å²) in [7, 11) is 0. The highest BCUT2D eigenvalue weighted by molar-refractivity contribution is 9.10. The van der Waals surface area contributed by atoms with Crippen LogP contribution >= 0.6 is 15.9 Å². The molecule has 1 aliphatic carbocycles. The van der Waals surface area contributed by atoms with Crippen LogP contribution in [0.4, 0.5) is 11.6 Å². The predicted molar refractivity (Wildman–Crippen MR) is 114 cm³/mol. The third-order valence-corrected chi connectivity index (χ3v) is 6.01. The molecule has 2 aromatic rings. The highest BCUT2D eigenvalue weighted by Gasteiger charge is 2.27. The quantitative estimate of drug-likeness (QED) is 0.742. The summed E-state index contributed by atoms with van der Waals surface area (Å²) in [5.74, 6) is 0.877. The van der Waals surface area contributed by atoms with Crippen LogP contribution in [0, 0.1) is 0 Å². The minimum atomic E-state index is -0.201. The first-order valence-electron chi connectivity index (χ1n) is 9.53. The van der Waals surface area contributed by atoms with E-state index < -0.39 is 0 Å². The second kappa shape index (κ2) is 7.94. The van der Waals surface area contributed by atoms with E-state index in [2.05, 4.69) is 35.7 Å². The number of nitrogen functional groups attached to an aromatic ring is 1. The van der Waals surface area contributed by atoms with Crippen LogP contribution < -0.4 is 10.6 Å². The molecule has 0 bridgehead atoms. The number of carbonyl (C=O) groups is 1. The zero-order valence-electron chi connectivity index (χ0n) is 15.3. The normalized spacial score (nSPS) is 18.8. The van der Waals surface area contributed by atoms with Crippen LogP contribution in [0.3, 0.4) is 0 Å². The van der Waals surface area contributed by atoms with Crippen LogP contribution in [0.1, 0.15) is 44.6 Å². The molecule has 2 fully saturated rings. The van der Waals surface area contributed by atoms with Crippen molar-refractivity contribution in [1.29, 1.82) is 0 Å². The summed E-state index contributed by atoms with van der Waals surface area (Å²) in [6.07, 6.45) is 6.99. The van der Waals surface area contributed by atoms with Gasteiger partial charge in [-0.15, -0.1) is 0 Å². The van der Waals surface area contributed by atoms with Gasteiger partial charge in [-0.05, 0) is 47.0 Å². The predicted octanol–water partition coefficient (Wildman–Crippen LogP) is 3.61. The largest absolute Gasteiger partial charge is 0.383 e. The van der Waals surface area contributed by atoms with Gasteiger partial charge in [0, 0.05) is 45.7 Å². The van der Waals surface area contributed by atoms with E-state index in [0.29, 0.717) is 11.3 Å². The molecule has 2 N–H and O–H groups in total. The maximum atomic E-state index is 12.9. The molecule has 0 radical (unpaired) electrons. The van der Waals surface area contributed by atoms with Crippen molar-refractivity contribution in [3.8, 4) is 0 Å². The number of nitrogens with two attached hydrogens (primary N) is 1. The smallest absolute Gasteiger partial charge is 0.215 e. The molecular weight excluding hydrogens is 406 g/mol. The number of anilines is 2. The van der Waals surface area contributed by atoms with Crippen molar-refractivity contribution in [1.82, 2.24) is 14.9 Å². The van der Waals surface area contributed by atoms with E-state index in [1.165, 1.54) is 25.7 Å². The first-order chi connectivity index (χ1) is 13.1. The highest BCUT2D eigenvalue weighted by Crippen LogP contribution is 2.26. The van der Waals surface area contributed by atoms with Gasteiger partial charge >= 0.3 is 0 Å². The van der Waals surface area contributed by atoms with E-state index in [0.717, 1.165) is 42.5 Å². The molecule has 3 heterocycles. The lowest BCUT2D eigenvalue weighted by molar-refractivity contribution is 0.103. The Bertz CT molecular complexity index is 839. The van der Waals surface area contributed by atoms with Gasteiger partial charge in [0.25, 0.3) is 0 Å². The molecule has 2 aromatic heterocycles. The zero-order valence-corrected chi connectivity index (χ0v) is 16.9. The van der Waals surface area contributed by atoms with Gasteiger partial charge in [-0.1, -0.05) is 18.9 Å². The standard InChI is InChI=1S/C20H24BrN5O.2H2/c21-14-12-16(20(22)23-13-14)19(27)17-6-3-7-18(24-17)26-10-8-25(9-11-26)15-4-1-2-5-15;;/h3,6-7,12-13,15H,1-2,4-5,8-11H2,(H2,22,23);2*1H. The van der Waals surface area contributed by atoms with Crippen molar-refractivity contribution in [2.75, 3.05) is 36.8 Å². The van der Waals surface area contributed by atoms with E-state index in [1.807, 2.05) is 12.1 Å². The molecule has 146 valence electrons. The Morgan fingerprint density at radius 1 is 1.19 bits per heavy atom. The van der Waals surface area contributed by atoms with E-state index in [9.17, 15) is 4.79 Å². The molecule has 1 aliphatic heterocycles. The summed E-state index contributed by atoms with van der Waals surface area (Å²) >= 11 is 3.34. The highest BCUT2D eigenvalue weighted by atomic mass is 79.9. The van der Waals surface area contributed by atoms with E-state index in [-0.39, 0.29) is 14.5 Å². The lowest BCUT2D eigenvalue weighted by atomic mass is 10.1.